The van der Waals surface area contributed by atoms with E-state index in [1.165, 1.54) is 12.1 Å². The maximum Gasteiger partial charge on any atom is 0.260 e. The Hall–Kier alpha value is -2.80. The van der Waals surface area contributed by atoms with Crippen LogP contribution in [0.4, 0.5) is 10.1 Å². The predicted octanol–water partition coefficient (Wildman–Crippen LogP) is 2.67. The average Bonchev–Trinajstić information content (AvgIpc) is 2.73. The van der Waals surface area contributed by atoms with Gasteiger partial charge in [-0.25, -0.2) is 4.39 Å². The van der Waals surface area contributed by atoms with E-state index in [1.54, 1.807) is 17.0 Å². The van der Waals surface area contributed by atoms with Gasteiger partial charge in [0.15, 0.2) is 18.2 Å². The van der Waals surface area contributed by atoms with Gasteiger partial charge in [0.2, 0.25) is 5.91 Å². The number of hydrogen-bond donors (Lipinski definition) is 0. The van der Waals surface area contributed by atoms with Gasteiger partial charge in [0.1, 0.15) is 0 Å². The molecule has 2 fully saturated rings. The highest BCUT2D eigenvalue weighted by atomic mass is 35.5. The van der Waals surface area contributed by atoms with Crippen molar-refractivity contribution < 1.29 is 18.7 Å². The number of nitrogens with zero attached hydrogens (tertiary/aromatic N) is 3. The third kappa shape index (κ3) is 4.51. The van der Waals surface area contributed by atoms with E-state index in [1.807, 2.05) is 29.2 Å². The number of amides is 2. The molecule has 0 aromatic heterocycles. The van der Waals surface area contributed by atoms with Crippen LogP contribution in [-0.2, 0) is 9.59 Å². The van der Waals surface area contributed by atoms with Crippen molar-refractivity contribution in [2.75, 3.05) is 50.8 Å². The summed E-state index contributed by atoms with van der Waals surface area (Å²) < 4.78 is 18.8. The van der Waals surface area contributed by atoms with Crippen LogP contribution in [0.1, 0.15) is 0 Å². The number of carbonyl (C=O) groups is 2. The van der Waals surface area contributed by atoms with Gasteiger partial charge in [-0.2, -0.15) is 0 Å². The second-order valence-corrected chi connectivity index (χ2v) is 7.94. The number of hydrogen-bond acceptors (Lipinski definition) is 4. The normalized spacial score (nSPS) is 16.9. The Balaban J connectivity index is 1.20. The number of halogens is 2. The van der Waals surface area contributed by atoms with Gasteiger partial charge in [0, 0.05) is 50.0 Å². The molecule has 0 N–H and O–H groups in total. The summed E-state index contributed by atoms with van der Waals surface area (Å²) in [5.41, 5.74) is 1.10. The lowest BCUT2D eigenvalue weighted by Crippen LogP contribution is -2.59. The van der Waals surface area contributed by atoms with Gasteiger partial charge in [-0.3, -0.25) is 9.59 Å². The SMILES string of the molecule is O=C(COc1ccccc1F)N1CC(C(=O)N2CCN(c3ccc(Cl)cc3)CC2)C1. The van der Waals surface area contributed by atoms with Crippen molar-refractivity contribution in [2.45, 2.75) is 0 Å². The molecule has 2 aliphatic rings. The fraction of sp³-hybridized carbons (Fsp3) is 0.364. The van der Waals surface area contributed by atoms with E-state index in [0.29, 0.717) is 31.2 Å². The van der Waals surface area contributed by atoms with Crippen molar-refractivity contribution in [3.05, 3.63) is 59.4 Å². The van der Waals surface area contributed by atoms with E-state index >= 15 is 0 Å². The second kappa shape index (κ2) is 8.92. The van der Waals surface area contributed by atoms with E-state index in [9.17, 15) is 14.0 Å². The zero-order valence-corrected chi connectivity index (χ0v) is 17.2. The summed E-state index contributed by atoms with van der Waals surface area (Å²) in [5, 5.41) is 0.705. The number of ether oxygens (including phenoxy) is 1. The second-order valence-electron chi connectivity index (χ2n) is 7.50. The molecule has 0 aliphatic carbocycles. The molecule has 2 aromatic carbocycles. The van der Waals surface area contributed by atoms with E-state index in [-0.39, 0.29) is 30.1 Å². The van der Waals surface area contributed by atoms with Gasteiger partial charge >= 0.3 is 0 Å². The number of anilines is 1. The maximum absolute atomic E-state index is 13.6. The molecule has 2 saturated heterocycles. The topological polar surface area (TPSA) is 53.1 Å². The summed E-state index contributed by atoms with van der Waals surface area (Å²) in [5.74, 6) is -0.776. The molecule has 2 amide bonds. The Bertz CT molecular complexity index is 910. The molecule has 158 valence electrons. The Morgan fingerprint density at radius 3 is 2.30 bits per heavy atom. The molecular formula is C22H23ClFN3O3. The number of rotatable bonds is 5. The molecule has 0 spiro atoms. The van der Waals surface area contributed by atoms with Gasteiger partial charge in [0.25, 0.3) is 5.91 Å². The minimum absolute atomic E-state index is 0.0533. The van der Waals surface area contributed by atoms with Crippen LogP contribution < -0.4 is 9.64 Å². The molecular weight excluding hydrogens is 409 g/mol. The number of piperazine rings is 1. The smallest absolute Gasteiger partial charge is 0.260 e. The lowest BCUT2D eigenvalue weighted by atomic mass is 9.98. The fourth-order valence-corrected chi connectivity index (χ4v) is 3.85. The average molecular weight is 432 g/mol. The molecule has 30 heavy (non-hydrogen) atoms. The van der Waals surface area contributed by atoms with E-state index in [2.05, 4.69) is 4.90 Å². The van der Waals surface area contributed by atoms with Crippen LogP contribution >= 0.6 is 11.6 Å². The molecule has 2 aromatic rings. The predicted molar refractivity (Wildman–Crippen MR) is 112 cm³/mol. The van der Waals surface area contributed by atoms with Crippen LogP contribution in [0.15, 0.2) is 48.5 Å². The van der Waals surface area contributed by atoms with Crippen molar-refractivity contribution in [1.82, 2.24) is 9.80 Å². The molecule has 2 aliphatic heterocycles. The Morgan fingerprint density at radius 2 is 1.63 bits per heavy atom. The van der Waals surface area contributed by atoms with Crippen molar-refractivity contribution >= 4 is 29.1 Å². The molecule has 0 bridgehead atoms. The van der Waals surface area contributed by atoms with Crippen molar-refractivity contribution in [3.8, 4) is 5.75 Å². The monoisotopic (exact) mass is 431 g/mol. The van der Waals surface area contributed by atoms with Crippen LogP contribution in [0.25, 0.3) is 0 Å². The first-order valence-electron chi connectivity index (χ1n) is 9.95. The minimum atomic E-state index is -0.500. The molecule has 0 radical (unpaired) electrons. The number of likely N-dealkylation sites (tertiary alicyclic amines) is 1. The zero-order chi connectivity index (χ0) is 21.1. The van der Waals surface area contributed by atoms with Crippen molar-refractivity contribution in [2.24, 2.45) is 5.92 Å². The highest BCUT2D eigenvalue weighted by Gasteiger charge is 2.38. The minimum Gasteiger partial charge on any atom is -0.481 e. The fourth-order valence-electron chi connectivity index (χ4n) is 3.73. The Kier molecular flexibility index (Phi) is 6.08. The van der Waals surface area contributed by atoms with Gasteiger partial charge in [-0.05, 0) is 36.4 Å². The third-order valence-electron chi connectivity index (χ3n) is 5.55. The number of carbonyl (C=O) groups excluding carboxylic acids is 2. The number of para-hydroxylation sites is 1. The lowest BCUT2D eigenvalue weighted by molar-refractivity contribution is -0.149. The standard InChI is InChI=1S/C22H23ClFN3O3/c23-17-5-7-18(8-6-17)25-9-11-26(12-10-25)22(29)16-13-27(14-16)21(28)15-30-20-4-2-1-3-19(20)24/h1-8,16H,9-15H2. The highest BCUT2D eigenvalue weighted by molar-refractivity contribution is 6.30. The van der Waals surface area contributed by atoms with Crippen molar-refractivity contribution in [3.63, 3.8) is 0 Å². The van der Waals surface area contributed by atoms with Crippen molar-refractivity contribution in [1.29, 1.82) is 0 Å². The molecule has 0 saturated carbocycles. The summed E-state index contributed by atoms with van der Waals surface area (Å²) >= 11 is 5.94. The summed E-state index contributed by atoms with van der Waals surface area (Å²) in [4.78, 5) is 30.6. The maximum atomic E-state index is 13.6. The lowest BCUT2D eigenvalue weighted by Gasteiger charge is -2.43. The van der Waals surface area contributed by atoms with Crippen LogP contribution in [-0.4, -0.2) is 67.5 Å². The van der Waals surface area contributed by atoms with Gasteiger partial charge < -0.3 is 19.4 Å². The molecule has 6 nitrogen and oxygen atoms in total. The number of benzene rings is 2. The van der Waals surface area contributed by atoms with Crippen LogP contribution in [0.2, 0.25) is 5.02 Å². The largest absolute Gasteiger partial charge is 0.481 e. The molecule has 8 heteroatoms. The summed E-state index contributed by atoms with van der Waals surface area (Å²) in [7, 11) is 0. The molecule has 0 atom stereocenters. The molecule has 0 unspecified atom stereocenters. The quantitative estimate of drug-likeness (QED) is 0.730. The van der Waals surface area contributed by atoms with Gasteiger partial charge in [-0.15, -0.1) is 0 Å². The first-order valence-corrected chi connectivity index (χ1v) is 10.3. The van der Waals surface area contributed by atoms with E-state index in [4.69, 9.17) is 16.3 Å². The molecule has 4 rings (SSSR count). The summed E-state index contributed by atoms with van der Waals surface area (Å²) in [6.45, 7) is 3.37. The van der Waals surface area contributed by atoms with E-state index in [0.717, 1.165) is 18.8 Å². The van der Waals surface area contributed by atoms with Gasteiger partial charge in [-0.1, -0.05) is 23.7 Å². The Morgan fingerprint density at radius 1 is 0.967 bits per heavy atom. The zero-order valence-electron chi connectivity index (χ0n) is 16.5. The summed E-state index contributed by atoms with van der Waals surface area (Å²) in [6.07, 6.45) is 0. The first kappa shape index (κ1) is 20.5. The van der Waals surface area contributed by atoms with Crippen LogP contribution in [0.5, 0.6) is 5.75 Å². The summed E-state index contributed by atoms with van der Waals surface area (Å²) in [6, 6.07) is 13.7. The van der Waals surface area contributed by atoms with E-state index < -0.39 is 5.82 Å². The van der Waals surface area contributed by atoms with Crippen LogP contribution in [0.3, 0.4) is 0 Å². The first-order chi connectivity index (χ1) is 14.5. The Labute approximate surface area is 179 Å². The highest BCUT2D eigenvalue weighted by Crippen LogP contribution is 2.23. The molecule has 2 heterocycles. The van der Waals surface area contributed by atoms with Gasteiger partial charge in [0.05, 0.1) is 5.92 Å². The third-order valence-corrected chi connectivity index (χ3v) is 5.81. The van der Waals surface area contributed by atoms with Crippen LogP contribution in [0, 0.1) is 11.7 Å².